The summed E-state index contributed by atoms with van der Waals surface area (Å²) >= 11 is 0. The predicted molar refractivity (Wildman–Crippen MR) is 68.6 cm³/mol. The molecule has 0 aromatic heterocycles. The van der Waals surface area contributed by atoms with Gasteiger partial charge in [0.25, 0.3) is 0 Å². The van der Waals surface area contributed by atoms with Crippen LogP contribution in [0.4, 0.5) is 8.78 Å². The van der Waals surface area contributed by atoms with Crippen molar-refractivity contribution < 1.29 is 22.8 Å². The topological polar surface area (TPSA) is 27.7 Å². The molecule has 1 aromatic rings. The van der Waals surface area contributed by atoms with Crippen molar-refractivity contribution in [3.8, 4) is 5.75 Å². The summed E-state index contributed by atoms with van der Waals surface area (Å²) in [6.45, 7) is 7.55. The standard InChI is InChI=1S/C13H17BF2O3/c1-12(2)13(3,4)19-14(18-12)8-6-9(15)10(16)7-11(8)17-5/h6-7H,1-5H3. The minimum atomic E-state index is -0.961. The van der Waals surface area contributed by atoms with E-state index in [9.17, 15) is 8.78 Å². The summed E-state index contributed by atoms with van der Waals surface area (Å²) in [5.41, 5.74) is -0.749. The van der Waals surface area contributed by atoms with Crippen molar-refractivity contribution in [3.05, 3.63) is 23.8 Å². The van der Waals surface area contributed by atoms with Crippen LogP contribution < -0.4 is 10.2 Å². The summed E-state index contributed by atoms with van der Waals surface area (Å²) in [6.07, 6.45) is 0. The molecule has 1 heterocycles. The van der Waals surface area contributed by atoms with Gasteiger partial charge in [0.2, 0.25) is 0 Å². The molecule has 0 unspecified atom stereocenters. The number of halogens is 2. The molecule has 2 rings (SSSR count). The van der Waals surface area contributed by atoms with Gasteiger partial charge in [0, 0.05) is 11.5 Å². The van der Waals surface area contributed by atoms with E-state index in [1.165, 1.54) is 7.11 Å². The van der Waals surface area contributed by atoms with Crippen LogP contribution in [-0.2, 0) is 9.31 Å². The highest BCUT2D eigenvalue weighted by Crippen LogP contribution is 2.37. The zero-order chi connectivity index (χ0) is 14.4. The maximum Gasteiger partial charge on any atom is 0.498 e. The largest absolute Gasteiger partial charge is 0.498 e. The quantitative estimate of drug-likeness (QED) is 0.771. The van der Waals surface area contributed by atoms with Crippen LogP contribution in [0.3, 0.4) is 0 Å². The van der Waals surface area contributed by atoms with Gasteiger partial charge in [-0.05, 0) is 33.8 Å². The monoisotopic (exact) mass is 270 g/mol. The van der Waals surface area contributed by atoms with Crippen LogP contribution in [0.15, 0.2) is 12.1 Å². The molecular formula is C13H17BF2O3. The number of rotatable bonds is 2. The Morgan fingerprint density at radius 3 is 1.95 bits per heavy atom. The Labute approximate surface area is 112 Å². The first-order chi connectivity index (χ1) is 8.68. The SMILES string of the molecule is COc1cc(F)c(F)cc1B1OC(C)(C)C(C)(C)O1. The maximum absolute atomic E-state index is 13.4. The highest BCUT2D eigenvalue weighted by atomic mass is 19.2. The lowest BCUT2D eigenvalue weighted by molar-refractivity contribution is 0.00578. The molecule has 0 amide bonds. The first-order valence-corrected chi connectivity index (χ1v) is 6.06. The number of hydrogen-bond acceptors (Lipinski definition) is 3. The van der Waals surface area contributed by atoms with Gasteiger partial charge in [-0.25, -0.2) is 8.78 Å². The molecule has 0 bridgehead atoms. The van der Waals surface area contributed by atoms with E-state index < -0.39 is 30.0 Å². The molecule has 0 saturated carbocycles. The first kappa shape index (κ1) is 14.3. The summed E-state index contributed by atoms with van der Waals surface area (Å²) in [6, 6.07) is 2.05. The second-order valence-corrected chi connectivity index (χ2v) is 5.60. The van der Waals surface area contributed by atoms with Crippen molar-refractivity contribution in [2.24, 2.45) is 0 Å². The lowest BCUT2D eigenvalue weighted by Gasteiger charge is -2.32. The summed E-state index contributed by atoms with van der Waals surface area (Å²) in [5, 5.41) is 0. The minimum absolute atomic E-state index is 0.206. The molecule has 0 radical (unpaired) electrons. The number of hydrogen-bond donors (Lipinski definition) is 0. The Morgan fingerprint density at radius 2 is 1.47 bits per heavy atom. The molecule has 104 valence electrons. The third-order valence-electron chi connectivity index (χ3n) is 3.78. The average Bonchev–Trinajstić information content (AvgIpc) is 2.51. The summed E-state index contributed by atoms with van der Waals surface area (Å²) in [5.74, 6) is -1.71. The molecule has 3 nitrogen and oxygen atoms in total. The molecule has 0 atom stereocenters. The first-order valence-electron chi connectivity index (χ1n) is 6.06. The van der Waals surface area contributed by atoms with Crippen LogP contribution in [0, 0.1) is 11.6 Å². The highest BCUT2D eigenvalue weighted by Gasteiger charge is 2.52. The Morgan fingerprint density at radius 1 is 1.00 bits per heavy atom. The van der Waals surface area contributed by atoms with E-state index in [0.717, 1.165) is 12.1 Å². The van der Waals surface area contributed by atoms with Crippen molar-refractivity contribution in [1.29, 1.82) is 0 Å². The van der Waals surface area contributed by atoms with E-state index in [0.29, 0.717) is 5.46 Å². The number of methoxy groups -OCH3 is 1. The van der Waals surface area contributed by atoms with Crippen LogP contribution in [-0.4, -0.2) is 25.4 Å². The van der Waals surface area contributed by atoms with Gasteiger partial charge >= 0.3 is 7.12 Å². The van der Waals surface area contributed by atoms with E-state index in [2.05, 4.69) is 0 Å². The van der Waals surface area contributed by atoms with Crippen molar-refractivity contribution in [2.75, 3.05) is 7.11 Å². The van der Waals surface area contributed by atoms with E-state index in [1.54, 1.807) is 0 Å². The molecule has 1 saturated heterocycles. The van der Waals surface area contributed by atoms with Gasteiger partial charge in [-0.3, -0.25) is 0 Å². The van der Waals surface area contributed by atoms with Crippen LogP contribution in [0.1, 0.15) is 27.7 Å². The summed E-state index contributed by atoms with van der Waals surface area (Å²) in [7, 11) is 0.608. The second-order valence-electron chi connectivity index (χ2n) is 5.60. The average molecular weight is 270 g/mol. The fraction of sp³-hybridized carbons (Fsp3) is 0.538. The van der Waals surface area contributed by atoms with Gasteiger partial charge in [0.1, 0.15) is 5.75 Å². The van der Waals surface area contributed by atoms with E-state index in [4.69, 9.17) is 14.0 Å². The molecule has 1 aliphatic rings. The molecule has 1 aliphatic heterocycles. The normalized spacial score (nSPS) is 20.7. The highest BCUT2D eigenvalue weighted by molar-refractivity contribution is 6.63. The molecule has 0 spiro atoms. The molecule has 1 aromatic carbocycles. The lowest BCUT2D eigenvalue weighted by atomic mass is 9.78. The molecule has 0 N–H and O–H groups in total. The van der Waals surface area contributed by atoms with Gasteiger partial charge in [0.15, 0.2) is 11.6 Å². The number of ether oxygens (including phenoxy) is 1. The van der Waals surface area contributed by atoms with Crippen molar-refractivity contribution in [1.82, 2.24) is 0 Å². The fourth-order valence-corrected chi connectivity index (χ4v) is 1.87. The van der Waals surface area contributed by atoms with Crippen LogP contribution in [0.5, 0.6) is 5.75 Å². The Bertz CT molecular complexity index is 487. The summed E-state index contributed by atoms with van der Waals surface area (Å²) in [4.78, 5) is 0. The minimum Gasteiger partial charge on any atom is -0.497 e. The zero-order valence-electron chi connectivity index (χ0n) is 11.7. The van der Waals surface area contributed by atoms with E-state index in [-0.39, 0.29) is 5.75 Å². The van der Waals surface area contributed by atoms with Crippen molar-refractivity contribution in [2.45, 2.75) is 38.9 Å². The van der Waals surface area contributed by atoms with Gasteiger partial charge in [-0.15, -0.1) is 0 Å². The fourth-order valence-electron chi connectivity index (χ4n) is 1.87. The van der Waals surface area contributed by atoms with E-state index in [1.807, 2.05) is 27.7 Å². The smallest absolute Gasteiger partial charge is 0.497 e. The van der Waals surface area contributed by atoms with Crippen molar-refractivity contribution >= 4 is 12.6 Å². The third-order valence-corrected chi connectivity index (χ3v) is 3.78. The Hall–Kier alpha value is -1.14. The predicted octanol–water partition coefficient (Wildman–Crippen LogP) is 2.27. The Balaban J connectivity index is 2.42. The lowest BCUT2D eigenvalue weighted by Crippen LogP contribution is -2.41. The van der Waals surface area contributed by atoms with Crippen LogP contribution in [0.25, 0.3) is 0 Å². The van der Waals surface area contributed by atoms with Crippen LogP contribution in [0.2, 0.25) is 0 Å². The van der Waals surface area contributed by atoms with Gasteiger partial charge in [0.05, 0.1) is 18.3 Å². The molecule has 0 aliphatic carbocycles. The Kier molecular flexibility index (Phi) is 3.35. The van der Waals surface area contributed by atoms with Crippen molar-refractivity contribution in [3.63, 3.8) is 0 Å². The third kappa shape index (κ3) is 2.34. The molecular weight excluding hydrogens is 253 g/mol. The second kappa shape index (κ2) is 4.46. The summed E-state index contributed by atoms with van der Waals surface area (Å²) < 4.78 is 43.2. The van der Waals surface area contributed by atoms with Crippen LogP contribution >= 0.6 is 0 Å². The van der Waals surface area contributed by atoms with Gasteiger partial charge < -0.3 is 14.0 Å². The molecule has 19 heavy (non-hydrogen) atoms. The van der Waals surface area contributed by atoms with Gasteiger partial charge in [-0.2, -0.15) is 0 Å². The zero-order valence-corrected chi connectivity index (χ0v) is 11.7. The number of benzene rings is 1. The maximum atomic E-state index is 13.4. The van der Waals surface area contributed by atoms with E-state index >= 15 is 0 Å². The van der Waals surface area contributed by atoms with Gasteiger partial charge in [-0.1, -0.05) is 0 Å². The molecule has 1 fully saturated rings. The molecule has 6 heteroatoms.